The number of rotatable bonds is 3. The lowest BCUT2D eigenvalue weighted by atomic mass is 10.2. The summed E-state index contributed by atoms with van der Waals surface area (Å²) in [4.78, 5) is 14.4. The van der Waals surface area contributed by atoms with Gasteiger partial charge in [-0.15, -0.1) is 0 Å². The summed E-state index contributed by atoms with van der Waals surface area (Å²) in [6.07, 6.45) is 1.77. The summed E-state index contributed by atoms with van der Waals surface area (Å²) in [5.74, 6) is 0.356. The Kier molecular flexibility index (Phi) is 4.11. The third-order valence-corrected chi connectivity index (χ3v) is 3.65. The molecule has 1 fully saturated rings. The van der Waals surface area contributed by atoms with Crippen molar-refractivity contribution in [1.82, 2.24) is 14.7 Å². The number of morpholine rings is 1. The zero-order chi connectivity index (χ0) is 15.5. The molecule has 22 heavy (non-hydrogen) atoms. The smallest absolute Gasteiger partial charge is 0.278 e. The zero-order valence-corrected chi connectivity index (χ0v) is 12.7. The van der Waals surface area contributed by atoms with E-state index in [-0.39, 0.29) is 12.0 Å². The highest BCUT2D eigenvalue weighted by molar-refractivity contribution is 5.95. The van der Waals surface area contributed by atoms with E-state index < -0.39 is 0 Å². The highest BCUT2D eigenvalue weighted by atomic mass is 16.5. The van der Waals surface area contributed by atoms with Gasteiger partial charge in [-0.05, 0) is 19.1 Å². The first-order chi connectivity index (χ1) is 10.7. The second-order valence-electron chi connectivity index (χ2n) is 5.26. The molecule has 6 heteroatoms. The van der Waals surface area contributed by atoms with E-state index >= 15 is 0 Å². The van der Waals surface area contributed by atoms with Crippen LogP contribution in [0.2, 0.25) is 0 Å². The predicted octanol–water partition coefficient (Wildman–Crippen LogP) is 1.74. The number of methoxy groups -OCH3 is 1. The molecule has 0 bridgehead atoms. The molecule has 1 aliphatic heterocycles. The van der Waals surface area contributed by atoms with Crippen molar-refractivity contribution in [3.05, 3.63) is 42.2 Å². The van der Waals surface area contributed by atoms with E-state index in [9.17, 15) is 4.79 Å². The number of hydrogen-bond donors (Lipinski definition) is 0. The second-order valence-corrected chi connectivity index (χ2v) is 5.26. The van der Waals surface area contributed by atoms with Crippen LogP contribution in [-0.4, -0.2) is 53.5 Å². The largest absolute Gasteiger partial charge is 0.493 e. The number of amides is 1. The molecule has 0 spiro atoms. The Morgan fingerprint density at radius 3 is 2.82 bits per heavy atom. The number of hydrogen-bond acceptors (Lipinski definition) is 4. The molecule has 116 valence electrons. The molecule has 2 aromatic rings. The van der Waals surface area contributed by atoms with Crippen molar-refractivity contribution in [3.63, 3.8) is 0 Å². The van der Waals surface area contributed by atoms with E-state index in [4.69, 9.17) is 9.47 Å². The number of para-hydroxylation sites is 1. The number of ether oxygens (including phenoxy) is 2. The van der Waals surface area contributed by atoms with Crippen LogP contribution in [0.4, 0.5) is 0 Å². The zero-order valence-electron chi connectivity index (χ0n) is 12.7. The number of benzene rings is 1. The Hall–Kier alpha value is -2.34. The van der Waals surface area contributed by atoms with Crippen LogP contribution < -0.4 is 4.74 Å². The van der Waals surface area contributed by atoms with Gasteiger partial charge in [-0.3, -0.25) is 4.79 Å². The maximum atomic E-state index is 12.7. The van der Waals surface area contributed by atoms with Gasteiger partial charge in [0.25, 0.3) is 5.91 Å². The molecule has 0 radical (unpaired) electrons. The van der Waals surface area contributed by atoms with Gasteiger partial charge in [-0.1, -0.05) is 18.2 Å². The summed E-state index contributed by atoms with van der Waals surface area (Å²) in [6, 6.07) is 9.64. The van der Waals surface area contributed by atoms with E-state index in [1.165, 1.54) is 0 Å². The van der Waals surface area contributed by atoms with Gasteiger partial charge in [0.15, 0.2) is 11.4 Å². The Morgan fingerprint density at radius 1 is 1.36 bits per heavy atom. The highest BCUT2D eigenvalue weighted by Gasteiger charge is 2.27. The van der Waals surface area contributed by atoms with Crippen LogP contribution in [0.3, 0.4) is 0 Å². The van der Waals surface area contributed by atoms with Crippen LogP contribution in [0, 0.1) is 0 Å². The van der Waals surface area contributed by atoms with Gasteiger partial charge in [0.1, 0.15) is 0 Å². The van der Waals surface area contributed by atoms with Crippen molar-refractivity contribution in [1.29, 1.82) is 0 Å². The van der Waals surface area contributed by atoms with Crippen molar-refractivity contribution >= 4 is 5.91 Å². The third-order valence-electron chi connectivity index (χ3n) is 3.65. The molecule has 1 saturated heterocycles. The lowest BCUT2D eigenvalue weighted by molar-refractivity contribution is -0.0127. The normalized spacial score (nSPS) is 18.3. The number of carbonyl (C=O) groups is 1. The summed E-state index contributed by atoms with van der Waals surface area (Å²) in [5.41, 5.74) is 1.22. The van der Waals surface area contributed by atoms with E-state index in [1.54, 1.807) is 22.9 Å². The number of nitrogens with zero attached hydrogens (tertiary/aromatic N) is 3. The van der Waals surface area contributed by atoms with Crippen LogP contribution in [0.25, 0.3) is 5.69 Å². The first-order valence-corrected chi connectivity index (χ1v) is 7.29. The molecule has 1 aromatic heterocycles. The molecule has 2 heterocycles. The lowest BCUT2D eigenvalue weighted by Crippen LogP contribution is -2.44. The highest BCUT2D eigenvalue weighted by Crippen LogP contribution is 2.22. The molecule has 0 aliphatic carbocycles. The standard InChI is InChI=1S/C16H19N3O3/c1-12-10-18(8-9-22-12)16(20)15-14(21-2)11-19(17-15)13-6-4-3-5-7-13/h3-7,11-12H,8-10H2,1-2H3/t12-/m0/s1. The van der Waals surface area contributed by atoms with Crippen molar-refractivity contribution in [2.45, 2.75) is 13.0 Å². The summed E-state index contributed by atoms with van der Waals surface area (Å²) in [5, 5.41) is 4.41. The van der Waals surface area contributed by atoms with Crippen LogP contribution in [0.5, 0.6) is 5.75 Å². The van der Waals surface area contributed by atoms with Crippen LogP contribution in [0.15, 0.2) is 36.5 Å². The van der Waals surface area contributed by atoms with Gasteiger partial charge < -0.3 is 14.4 Å². The van der Waals surface area contributed by atoms with Gasteiger partial charge in [0.05, 0.1) is 31.7 Å². The van der Waals surface area contributed by atoms with E-state index in [1.807, 2.05) is 37.3 Å². The fourth-order valence-corrected chi connectivity index (χ4v) is 2.52. The molecule has 1 aliphatic rings. The Morgan fingerprint density at radius 2 is 2.14 bits per heavy atom. The fraction of sp³-hybridized carbons (Fsp3) is 0.375. The Balaban J connectivity index is 1.90. The van der Waals surface area contributed by atoms with E-state index in [0.29, 0.717) is 31.1 Å². The first kappa shape index (κ1) is 14.6. The molecule has 3 rings (SSSR count). The predicted molar refractivity (Wildman–Crippen MR) is 81.4 cm³/mol. The molecule has 1 aromatic carbocycles. The van der Waals surface area contributed by atoms with Crippen molar-refractivity contribution in [2.24, 2.45) is 0 Å². The summed E-state index contributed by atoms with van der Waals surface area (Å²) in [7, 11) is 1.55. The van der Waals surface area contributed by atoms with Gasteiger partial charge >= 0.3 is 0 Å². The van der Waals surface area contributed by atoms with Crippen LogP contribution in [-0.2, 0) is 4.74 Å². The molecule has 0 saturated carbocycles. The Labute approximate surface area is 129 Å². The van der Waals surface area contributed by atoms with Crippen molar-refractivity contribution in [3.8, 4) is 11.4 Å². The van der Waals surface area contributed by atoms with Gasteiger partial charge in [0.2, 0.25) is 0 Å². The summed E-state index contributed by atoms with van der Waals surface area (Å²) >= 11 is 0. The number of aromatic nitrogens is 2. The molecular weight excluding hydrogens is 282 g/mol. The first-order valence-electron chi connectivity index (χ1n) is 7.29. The van der Waals surface area contributed by atoms with E-state index in [2.05, 4.69) is 5.10 Å². The second kappa shape index (κ2) is 6.19. The maximum absolute atomic E-state index is 12.7. The SMILES string of the molecule is COc1cn(-c2ccccc2)nc1C(=O)N1CCO[C@@H](C)C1. The molecule has 0 N–H and O–H groups in total. The Bertz CT molecular complexity index is 654. The molecular formula is C16H19N3O3. The lowest BCUT2D eigenvalue weighted by Gasteiger charge is -2.30. The minimum atomic E-state index is -0.123. The number of carbonyl (C=O) groups excluding carboxylic acids is 1. The molecule has 6 nitrogen and oxygen atoms in total. The summed E-state index contributed by atoms with van der Waals surface area (Å²) in [6.45, 7) is 3.65. The third kappa shape index (κ3) is 2.82. The van der Waals surface area contributed by atoms with Crippen molar-refractivity contribution in [2.75, 3.05) is 26.8 Å². The van der Waals surface area contributed by atoms with Crippen molar-refractivity contribution < 1.29 is 14.3 Å². The maximum Gasteiger partial charge on any atom is 0.278 e. The minimum absolute atomic E-state index is 0.0416. The molecule has 1 atom stereocenters. The van der Waals surface area contributed by atoms with Gasteiger partial charge in [-0.25, -0.2) is 4.68 Å². The van der Waals surface area contributed by atoms with Gasteiger partial charge in [-0.2, -0.15) is 5.10 Å². The molecule has 1 amide bonds. The average molecular weight is 301 g/mol. The molecule has 0 unspecified atom stereocenters. The fourth-order valence-electron chi connectivity index (χ4n) is 2.52. The van der Waals surface area contributed by atoms with E-state index in [0.717, 1.165) is 5.69 Å². The van der Waals surface area contributed by atoms with Crippen LogP contribution in [0.1, 0.15) is 17.4 Å². The summed E-state index contributed by atoms with van der Waals surface area (Å²) < 4.78 is 12.5. The average Bonchev–Trinajstić information content (AvgIpc) is 2.99. The van der Waals surface area contributed by atoms with Crippen LogP contribution >= 0.6 is 0 Å². The quantitative estimate of drug-likeness (QED) is 0.866. The monoisotopic (exact) mass is 301 g/mol. The minimum Gasteiger partial charge on any atom is -0.493 e. The topological polar surface area (TPSA) is 56.6 Å². The van der Waals surface area contributed by atoms with Gasteiger partial charge in [0, 0.05) is 13.1 Å².